The van der Waals surface area contributed by atoms with E-state index in [1.54, 1.807) is 37.3 Å². The van der Waals surface area contributed by atoms with E-state index in [0.29, 0.717) is 24.4 Å². The second-order valence-corrected chi connectivity index (χ2v) is 4.61. The van der Waals surface area contributed by atoms with Crippen LogP contribution in [-0.4, -0.2) is 39.1 Å². The van der Waals surface area contributed by atoms with Crippen LogP contribution < -0.4 is 20.3 Å². The monoisotopic (exact) mass is 313 g/mol. The van der Waals surface area contributed by atoms with Gasteiger partial charge in [0.05, 0.1) is 19.3 Å². The Balaban J connectivity index is 0.00000220. The van der Waals surface area contributed by atoms with Crippen LogP contribution in [0.15, 0.2) is 18.2 Å². The highest BCUT2D eigenvalue weighted by Crippen LogP contribution is 2.33. The number of carbonyl (C=O) groups excluding carboxylic acids is 2. The fourth-order valence-corrected chi connectivity index (χ4v) is 2.25. The van der Waals surface area contributed by atoms with Gasteiger partial charge in [-0.15, -0.1) is 12.4 Å². The van der Waals surface area contributed by atoms with Gasteiger partial charge in [-0.25, -0.2) is 0 Å². The van der Waals surface area contributed by atoms with Crippen LogP contribution in [0.3, 0.4) is 0 Å². The van der Waals surface area contributed by atoms with Crippen molar-refractivity contribution in [2.24, 2.45) is 0 Å². The van der Waals surface area contributed by atoms with Crippen molar-refractivity contribution in [1.82, 2.24) is 5.32 Å². The molecule has 2 rings (SSSR count). The number of halogens is 1. The first-order chi connectivity index (χ1) is 9.65. The van der Waals surface area contributed by atoms with Gasteiger partial charge < -0.3 is 20.3 Å². The molecule has 0 unspecified atom stereocenters. The Labute approximate surface area is 130 Å². The summed E-state index contributed by atoms with van der Waals surface area (Å²) in [6.45, 7) is 0.954. The summed E-state index contributed by atoms with van der Waals surface area (Å²) in [4.78, 5) is 25.0. The number of amides is 2. The molecule has 0 spiro atoms. The molecule has 1 aromatic carbocycles. The molecule has 2 amide bonds. The maximum absolute atomic E-state index is 11.8. The third-order valence-electron chi connectivity index (χ3n) is 3.17. The van der Waals surface area contributed by atoms with Gasteiger partial charge in [0.1, 0.15) is 5.75 Å². The van der Waals surface area contributed by atoms with Gasteiger partial charge in [-0.3, -0.25) is 9.59 Å². The molecule has 0 atom stereocenters. The van der Waals surface area contributed by atoms with Crippen molar-refractivity contribution in [3.63, 3.8) is 0 Å². The number of likely N-dealkylation sites (N-methyl/N-ethyl adjacent to an activating group) is 1. The van der Waals surface area contributed by atoms with E-state index in [2.05, 4.69) is 10.6 Å². The lowest BCUT2D eigenvalue weighted by Crippen LogP contribution is -2.26. The van der Waals surface area contributed by atoms with E-state index >= 15 is 0 Å². The van der Waals surface area contributed by atoms with Gasteiger partial charge in [-0.05, 0) is 25.6 Å². The topological polar surface area (TPSA) is 70.7 Å². The number of nitrogens with zero attached hydrogens (tertiary/aromatic N) is 1. The Morgan fingerprint density at radius 1 is 1.43 bits per heavy atom. The number of carbonyl (C=O) groups is 2. The first kappa shape index (κ1) is 17.3. The third-order valence-corrected chi connectivity index (χ3v) is 3.17. The Hall–Kier alpha value is -1.79. The van der Waals surface area contributed by atoms with Crippen molar-refractivity contribution in [1.29, 1.82) is 0 Å². The summed E-state index contributed by atoms with van der Waals surface area (Å²) in [5.41, 5.74) is 1.40. The van der Waals surface area contributed by atoms with Gasteiger partial charge in [0, 0.05) is 24.7 Å². The van der Waals surface area contributed by atoms with E-state index in [1.807, 2.05) is 0 Å². The lowest BCUT2D eigenvalue weighted by molar-refractivity contribution is -0.117. The van der Waals surface area contributed by atoms with Crippen LogP contribution in [0.2, 0.25) is 0 Å². The zero-order valence-corrected chi connectivity index (χ0v) is 13.0. The van der Waals surface area contributed by atoms with Gasteiger partial charge in [0.15, 0.2) is 0 Å². The van der Waals surface area contributed by atoms with Crippen molar-refractivity contribution in [2.45, 2.75) is 12.8 Å². The number of rotatable bonds is 5. The Morgan fingerprint density at radius 3 is 2.76 bits per heavy atom. The highest BCUT2D eigenvalue weighted by Gasteiger charge is 2.24. The van der Waals surface area contributed by atoms with E-state index in [4.69, 9.17) is 4.74 Å². The summed E-state index contributed by atoms with van der Waals surface area (Å²) in [5.74, 6) is 0.567. The normalized spacial score (nSPS) is 13.8. The first-order valence-electron chi connectivity index (χ1n) is 6.58. The second-order valence-electron chi connectivity index (χ2n) is 4.61. The van der Waals surface area contributed by atoms with Crippen LogP contribution in [0.4, 0.5) is 11.4 Å². The van der Waals surface area contributed by atoms with Crippen LogP contribution in [0.5, 0.6) is 5.75 Å². The molecule has 0 saturated carbocycles. The molecule has 0 radical (unpaired) electrons. The zero-order valence-electron chi connectivity index (χ0n) is 12.1. The molecule has 2 N–H and O–H groups in total. The smallest absolute Gasteiger partial charge is 0.238 e. The predicted molar refractivity (Wildman–Crippen MR) is 84.4 cm³/mol. The molecule has 1 aliphatic heterocycles. The average Bonchev–Trinajstić information content (AvgIpc) is 2.85. The first-order valence-corrected chi connectivity index (χ1v) is 6.58. The molecule has 1 aromatic rings. The number of hydrogen-bond donors (Lipinski definition) is 2. The molecule has 7 heteroatoms. The van der Waals surface area contributed by atoms with Gasteiger partial charge in [0.25, 0.3) is 0 Å². The molecule has 116 valence electrons. The average molecular weight is 314 g/mol. The molecule has 1 aliphatic rings. The molecule has 1 saturated heterocycles. The van der Waals surface area contributed by atoms with Crippen LogP contribution in [0, 0.1) is 0 Å². The molecule has 0 aliphatic carbocycles. The second kappa shape index (κ2) is 7.85. The van der Waals surface area contributed by atoms with Gasteiger partial charge in [0.2, 0.25) is 11.8 Å². The van der Waals surface area contributed by atoms with Gasteiger partial charge in [-0.2, -0.15) is 0 Å². The van der Waals surface area contributed by atoms with Crippen molar-refractivity contribution in [3.05, 3.63) is 18.2 Å². The van der Waals surface area contributed by atoms with Crippen molar-refractivity contribution in [3.8, 4) is 5.75 Å². The molecule has 0 aromatic heterocycles. The van der Waals surface area contributed by atoms with E-state index in [9.17, 15) is 9.59 Å². The van der Waals surface area contributed by atoms with E-state index < -0.39 is 0 Å². The Morgan fingerprint density at radius 2 is 2.19 bits per heavy atom. The molecule has 21 heavy (non-hydrogen) atoms. The summed E-state index contributed by atoms with van der Waals surface area (Å²) >= 11 is 0. The van der Waals surface area contributed by atoms with Gasteiger partial charge in [-0.1, -0.05) is 0 Å². The fraction of sp³-hybridized carbons (Fsp3) is 0.429. The van der Waals surface area contributed by atoms with Crippen molar-refractivity contribution >= 4 is 35.6 Å². The largest absolute Gasteiger partial charge is 0.494 e. The predicted octanol–water partition coefficient (Wildman–Crippen LogP) is 1.40. The maximum atomic E-state index is 11.8. The molecule has 0 bridgehead atoms. The highest BCUT2D eigenvalue weighted by molar-refractivity contribution is 5.98. The molecule has 6 nitrogen and oxygen atoms in total. The summed E-state index contributed by atoms with van der Waals surface area (Å²) in [6, 6.07) is 5.31. The number of hydrogen-bond acceptors (Lipinski definition) is 4. The summed E-state index contributed by atoms with van der Waals surface area (Å²) in [6.07, 6.45) is 1.44. The molecule has 1 heterocycles. The summed E-state index contributed by atoms with van der Waals surface area (Å²) < 4.78 is 5.33. The minimum absolute atomic E-state index is 0. The lowest BCUT2D eigenvalue weighted by Gasteiger charge is -2.19. The molecular weight excluding hydrogens is 294 g/mol. The lowest BCUT2D eigenvalue weighted by atomic mass is 10.2. The minimum Gasteiger partial charge on any atom is -0.494 e. The maximum Gasteiger partial charge on any atom is 0.238 e. The summed E-state index contributed by atoms with van der Waals surface area (Å²) in [7, 11) is 3.26. The van der Waals surface area contributed by atoms with E-state index in [1.165, 1.54) is 0 Å². The number of nitrogens with one attached hydrogen (secondary N) is 2. The van der Waals surface area contributed by atoms with Crippen LogP contribution in [0.25, 0.3) is 0 Å². The standard InChI is InChI=1S/C14H19N3O3.ClH/c1-15-9-13(18)16-10-5-6-11(12(8-10)20-2)17-7-3-4-14(17)19;/h5-6,8,15H,3-4,7,9H2,1-2H3,(H,16,18);1H. The highest BCUT2D eigenvalue weighted by atomic mass is 35.5. The zero-order chi connectivity index (χ0) is 14.5. The number of methoxy groups -OCH3 is 1. The van der Waals surface area contributed by atoms with Crippen LogP contribution >= 0.6 is 12.4 Å². The number of anilines is 2. The quantitative estimate of drug-likeness (QED) is 0.862. The minimum atomic E-state index is -0.125. The number of ether oxygens (including phenoxy) is 1. The van der Waals surface area contributed by atoms with Crippen LogP contribution in [-0.2, 0) is 9.59 Å². The van der Waals surface area contributed by atoms with E-state index in [-0.39, 0.29) is 30.8 Å². The van der Waals surface area contributed by atoms with E-state index in [0.717, 1.165) is 12.1 Å². The fourth-order valence-electron chi connectivity index (χ4n) is 2.25. The SMILES string of the molecule is CNCC(=O)Nc1ccc(N2CCCC2=O)c(OC)c1.Cl. The van der Waals surface area contributed by atoms with Gasteiger partial charge >= 0.3 is 0 Å². The third kappa shape index (κ3) is 4.09. The Kier molecular flexibility index (Phi) is 6.45. The summed E-state index contributed by atoms with van der Waals surface area (Å²) in [5, 5.41) is 5.54. The molecule has 1 fully saturated rings. The number of benzene rings is 1. The molecular formula is C14H20ClN3O3. The Bertz CT molecular complexity index is 522. The van der Waals surface area contributed by atoms with Crippen LogP contribution in [0.1, 0.15) is 12.8 Å². The van der Waals surface area contributed by atoms with Crippen molar-refractivity contribution < 1.29 is 14.3 Å². The van der Waals surface area contributed by atoms with Crippen molar-refractivity contribution in [2.75, 3.05) is 37.5 Å².